The SMILES string of the molecule is Cc1nc(C(C)C)sc1C(=O)N(C)C[C@H]1CCN(Cc2ccccc2)C1. The van der Waals surface area contributed by atoms with Crippen molar-refractivity contribution < 1.29 is 4.79 Å². The molecule has 2 aromatic rings. The van der Waals surface area contributed by atoms with E-state index in [1.54, 1.807) is 11.3 Å². The van der Waals surface area contributed by atoms with Crippen molar-refractivity contribution in [3.63, 3.8) is 0 Å². The summed E-state index contributed by atoms with van der Waals surface area (Å²) in [6.45, 7) is 10.2. The Morgan fingerprint density at radius 3 is 2.73 bits per heavy atom. The topological polar surface area (TPSA) is 36.4 Å². The van der Waals surface area contributed by atoms with Gasteiger partial charge in [-0.3, -0.25) is 9.69 Å². The Morgan fingerprint density at radius 2 is 2.08 bits per heavy atom. The molecule has 0 spiro atoms. The summed E-state index contributed by atoms with van der Waals surface area (Å²) in [5, 5.41) is 1.05. The number of likely N-dealkylation sites (tertiary alicyclic amines) is 1. The molecule has 1 amide bonds. The van der Waals surface area contributed by atoms with Gasteiger partial charge in [0.25, 0.3) is 5.91 Å². The van der Waals surface area contributed by atoms with Crippen LogP contribution in [0.1, 0.15) is 52.1 Å². The molecule has 26 heavy (non-hydrogen) atoms. The second-order valence-corrected chi connectivity index (χ2v) is 8.71. The Morgan fingerprint density at radius 1 is 1.35 bits per heavy atom. The maximum Gasteiger partial charge on any atom is 0.265 e. The molecule has 0 N–H and O–H groups in total. The van der Waals surface area contributed by atoms with Crippen molar-refractivity contribution in [2.45, 2.75) is 39.7 Å². The second-order valence-electron chi connectivity index (χ2n) is 7.68. The van der Waals surface area contributed by atoms with E-state index in [9.17, 15) is 4.79 Å². The van der Waals surface area contributed by atoms with Gasteiger partial charge in [-0.25, -0.2) is 4.98 Å². The predicted octanol–water partition coefficient (Wildman–Crippen LogP) is 4.17. The van der Waals surface area contributed by atoms with Gasteiger partial charge in [0.05, 0.1) is 10.7 Å². The van der Waals surface area contributed by atoms with Gasteiger partial charge in [-0.1, -0.05) is 44.2 Å². The van der Waals surface area contributed by atoms with Gasteiger partial charge in [0.2, 0.25) is 0 Å². The highest BCUT2D eigenvalue weighted by Gasteiger charge is 2.27. The summed E-state index contributed by atoms with van der Waals surface area (Å²) in [5.74, 6) is 1.03. The Kier molecular flexibility index (Phi) is 6.09. The molecule has 140 valence electrons. The third kappa shape index (κ3) is 4.51. The van der Waals surface area contributed by atoms with Crippen LogP contribution in [0.3, 0.4) is 0 Å². The number of aromatic nitrogens is 1. The molecule has 1 fully saturated rings. The van der Waals surface area contributed by atoms with Crippen molar-refractivity contribution >= 4 is 17.2 Å². The molecule has 0 radical (unpaired) electrons. The molecule has 2 heterocycles. The highest BCUT2D eigenvalue weighted by atomic mass is 32.1. The Labute approximate surface area is 160 Å². The number of amides is 1. The number of aryl methyl sites for hydroxylation is 1. The Balaban J connectivity index is 1.55. The van der Waals surface area contributed by atoms with E-state index in [0.29, 0.717) is 11.8 Å². The number of nitrogens with zero attached hydrogens (tertiary/aromatic N) is 3. The molecule has 0 bridgehead atoms. The minimum absolute atomic E-state index is 0.119. The van der Waals surface area contributed by atoms with Crippen LogP contribution in [0, 0.1) is 12.8 Å². The van der Waals surface area contributed by atoms with Crippen LogP contribution in [-0.4, -0.2) is 47.4 Å². The first-order valence-electron chi connectivity index (χ1n) is 9.43. The quantitative estimate of drug-likeness (QED) is 0.765. The lowest BCUT2D eigenvalue weighted by molar-refractivity contribution is 0.0777. The molecule has 0 saturated carbocycles. The summed E-state index contributed by atoms with van der Waals surface area (Å²) in [4.78, 5) is 22.6. The number of thiazole rings is 1. The highest BCUT2D eigenvalue weighted by molar-refractivity contribution is 7.13. The van der Waals surface area contributed by atoms with Crippen molar-refractivity contribution in [1.29, 1.82) is 0 Å². The number of carbonyl (C=O) groups excluding carboxylic acids is 1. The molecule has 1 atom stereocenters. The first kappa shape index (κ1) is 19.1. The van der Waals surface area contributed by atoms with Crippen molar-refractivity contribution in [3.05, 3.63) is 51.5 Å². The molecule has 0 unspecified atom stereocenters. The average Bonchev–Trinajstić information content (AvgIpc) is 3.21. The standard InChI is InChI=1S/C21H29N3OS/c1-15(2)20-22-16(3)19(26-20)21(25)23(4)12-18-10-11-24(14-18)13-17-8-6-5-7-9-17/h5-9,15,18H,10-14H2,1-4H3/t18-/m1/s1. The van der Waals surface area contributed by atoms with E-state index in [-0.39, 0.29) is 5.91 Å². The highest BCUT2D eigenvalue weighted by Crippen LogP contribution is 2.26. The Bertz CT molecular complexity index is 741. The molecular weight excluding hydrogens is 342 g/mol. The first-order chi connectivity index (χ1) is 12.4. The summed E-state index contributed by atoms with van der Waals surface area (Å²) in [5.41, 5.74) is 2.23. The minimum atomic E-state index is 0.119. The second kappa shape index (κ2) is 8.31. The minimum Gasteiger partial charge on any atom is -0.341 e. The van der Waals surface area contributed by atoms with Crippen LogP contribution in [0.2, 0.25) is 0 Å². The van der Waals surface area contributed by atoms with Crippen molar-refractivity contribution in [2.24, 2.45) is 5.92 Å². The van der Waals surface area contributed by atoms with Crippen LogP contribution < -0.4 is 0 Å². The number of benzene rings is 1. The fourth-order valence-corrected chi connectivity index (χ4v) is 4.62. The third-order valence-electron chi connectivity index (χ3n) is 5.00. The van der Waals surface area contributed by atoms with Crippen LogP contribution in [0.25, 0.3) is 0 Å². The zero-order valence-corrected chi connectivity index (χ0v) is 17.1. The van der Waals surface area contributed by atoms with Gasteiger partial charge < -0.3 is 4.90 Å². The van der Waals surface area contributed by atoms with E-state index in [1.807, 2.05) is 18.9 Å². The van der Waals surface area contributed by atoms with Gasteiger partial charge in [-0.05, 0) is 31.4 Å². The molecule has 4 nitrogen and oxygen atoms in total. The lowest BCUT2D eigenvalue weighted by atomic mass is 10.1. The monoisotopic (exact) mass is 371 g/mol. The molecule has 1 aliphatic heterocycles. The molecule has 1 aromatic heterocycles. The van der Waals surface area contributed by atoms with Gasteiger partial charge in [0.15, 0.2) is 0 Å². The number of rotatable bonds is 6. The van der Waals surface area contributed by atoms with Crippen molar-refractivity contribution in [1.82, 2.24) is 14.8 Å². The summed E-state index contributed by atoms with van der Waals surface area (Å²) in [6, 6.07) is 10.6. The van der Waals surface area contributed by atoms with Gasteiger partial charge in [0, 0.05) is 32.6 Å². The number of carbonyl (C=O) groups is 1. The molecule has 1 aliphatic rings. The van der Waals surface area contributed by atoms with Gasteiger partial charge >= 0.3 is 0 Å². The van der Waals surface area contributed by atoms with E-state index in [0.717, 1.165) is 48.2 Å². The molecule has 1 aromatic carbocycles. The number of hydrogen-bond acceptors (Lipinski definition) is 4. The molecular formula is C21H29N3OS. The lowest BCUT2D eigenvalue weighted by Gasteiger charge is -2.21. The largest absolute Gasteiger partial charge is 0.341 e. The van der Waals surface area contributed by atoms with Gasteiger partial charge in [0.1, 0.15) is 4.88 Å². The van der Waals surface area contributed by atoms with E-state index in [2.05, 4.69) is 54.1 Å². The smallest absolute Gasteiger partial charge is 0.265 e. The Hall–Kier alpha value is -1.72. The maximum atomic E-state index is 12.8. The summed E-state index contributed by atoms with van der Waals surface area (Å²) >= 11 is 1.55. The average molecular weight is 372 g/mol. The van der Waals surface area contributed by atoms with E-state index in [4.69, 9.17) is 0 Å². The predicted molar refractivity (Wildman–Crippen MR) is 108 cm³/mol. The molecule has 0 aliphatic carbocycles. The molecule has 3 rings (SSSR count). The van der Waals surface area contributed by atoms with E-state index >= 15 is 0 Å². The van der Waals surface area contributed by atoms with E-state index in [1.165, 1.54) is 5.56 Å². The lowest BCUT2D eigenvalue weighted by Crippen LogP contribution is -2.33. The van der Waals surface area contributed by atoms with Crippen LogP contribution in [0.5, 0.6) is 0 Å². The van der Waals surface area contributed by atoms with E-state index < -0.39 is 0 Å². The first-order valence-corrected chi connectivity index (χ1v) is 10.2. The summed E-state index contributed by atoms with van der Waals surface area (Å²) in [6.07, 6.45) is 1.16. The van der Waals surface area contributed by atoms with Crippen molar-refractivity contribution in [3.8, 4) is 0 Å². The zero-order chi connectivity index (χ0) is 18.7. The zero-order valence-electron chi connectivity index (χ0n) is 16.2. The fraction of sp³-hybridized carbons (Fsp3) is 0.524. The van der Waals surface area contributed by atoms with Crippen LogP contribution in [0.15, 0.2) is 30.3 Å². The van der Waals surface area contributed by atoms with Crippen molar-refractivity contribution in [2.75, 3.05) is 26.7 Å². The van der Waals surface area contributed by atoms with Crippen LogP contribution >= 0.6 is 11.3 Å². The summed E-state index contributed by atoms with van der Waals surface area (Å²) < 4.78 is 0. The fourth-order valence-electron chi connectivity index (χ4n) is 3.55. The molecule has 5 heteroatoms. The maximum absolute atomic E-state index is 12.8. The normalized spacial score (nSPS) is 17.8. The van der Waals surface area contributed by atoms with Crippen LogP contribution in [0.4, 0.5) is 0 Å². The van der Waals surface area contributed by atoms with Gasteiger partial charge in [-0.2, -0.15) is 0 Å². The number of hydrogen-bond donors (Lipinski definition) is 0. The van der Waals surface area contributed by atoms with Gasteiger partial charge in [-0.15, -0.1) is 11.3 Å². The summed E-state index contributed by atoms with van der Waals surface area (Å²) in [7, 11) is 1.93. The third-order valence-corrected chi connectivity index (χ3v) is 6.45. The molecule has 1 saturated heterocycles. The van der Waals surface area contributed by atoms with Crippen LogP contribution in [-0.2, 0) is 6.54 Å².